The summed E-state index contributed by atoms with van der Waals surface area (Å²) in [6, 6.07) is 4.01. The fourth-order valence-corrected chi connectivity index (χ4v) is 3.10. The number of aromatic amines is 1. The van der Waals surface area contributed by atoms with Gasteiger partial charge in [-0.2, -0.15) is 0 Å². The number of H-pyrrole nitrogens is 1. The minimum absolute atomic E-state index is 0.196. The quantitative estimate of drug-likeness (QED) is 0.643. The first-order chi connectivity index (χ1) is 8.70. The number of nitrogens with one attached hydrogen (secondary N) is 1. The smallest absolute Gasteiger partial charge is 0.320 e. The molecular formula is C11H12N4OS2. The van der Waals surface area contributed by atoms with Gasteiger partial charge in [-0.3, -0.25) is 4.57 Å². The molecule has 0 aliphatic rings. The molecule has 0 saturated carbocycles. The molecule has 0 fully saturated rings. The monoisotopic (exact) mass is 280 g/mol. The van der Waals surface area contributed by atoms with Gasteiger partial charge in [0.2, 0.25) is 0 Å². The standard InChI is InChI=1S/C11H12N4OS2/c1-15-10(16)13-14-11(15)17-7-9-5-4-8(18-9)3-2-6-12/h4-5H,6-7,12H2,1H3,(H,13,16). The molecule has 2 aromatic heterocycles. The Balaban J connectivity index is 2.00. The van der Waals surface area contributed by atoms with E-state index >= 15 is 0 Å². The van der Waals surface area contributed by atoms with Gasteiger partial charge in [0.05, 0.1) is 11.4 Å². The van der Waals surface area contributed by atoms with E-state index in [1.165, 1.54) is 21.2 Å². The van der Waals surface area contributed by atoms with Crippen molar-refractivity contribution >= 4 is 23.1 Å². The Kier molecular flexibility index (Phi) is 4.25. The Morgan fingerprint density at radius 2 is 2.44 bits per heavy atom. The molecule has 3 N–H and O–H groups in total. The molecular weight excluding hydrogens is 268 g/mol. The van der Waals surface area contributed by atoms with Gasteiger partial charge in [-0.05, 0) is 12.1 Å². The van der Waals surface area contributed by atoms with Crippen LogP contribution in [0.2, 0.25) is 0 Å². The maximum Gasteiger partial charge on any atom is 0.343 e. The first-order valence-corrected chi connectivity index (χ1v) is 7.02. The summed E-state index contributed by atoms with van der Waals surface area (Å²) >= 11 is 3.15. The van der Waals surface area contributed by atoms with Crippen molar-refractivity contribution in [3.05, 3.63) is 32.4 Å². The van der Waals surface area contributed by atoms with E-state index in [0.29, 0.717) is 11.7 Å². The van der Waals surface area contributed by atoms with Crippen molar-refractivity contribution < 1.29 is 0 Å². The Hall–Kier alpha value is -1.49. The van der Waals surface area contributed by atoms with Crippen LogP contribution < -0.4 is 11.4 Å². The maximum absolute atomic E-state index is 11.2. The van der Waals surface area contributed by atoms with Crippen LogP contribution in [0.15, 0.2) is 22.1 Å². The topological polar surface area (TPSA) is 76.7 Å². The zero-order valence-electron chi connectivity index (χ0n) is 9.77. The second kappa shape index (κ2) is 5.91. The van der Waals surface area contributed by atoms with Crippen molar-refractivity contribution in [3.8, 4) is 11.8 Å². The number of nitrogens with two attached hydrogens (primary N) is 1. The lowest BCUT2D eigenvalue weighted by Crippen LogP contribution is -2.12. The highest BCUT2D eigenvalue weighted by atomic mass is 32.2. The summed E-state index contributed by atoms with van der Waals surface area (Å²) in [4.78, 5) is 13.4. The van der Waals surface area contributed by atoms with E-state index in [1.807, 2.05) is 12.1 Å². The predicted octanol–water partition coefficient (Wildman–Crippen LogP) is 0.772. The molecule has 0 unspecified atom stereocenters. The average molecular weight is 280 g/mol. The molecule has 0 atom stereocenters. The molecule has 2 rings (SSSR count). The second-order valence-corrected chi connectivity index (χ2v) is 5.54. The van der Waals surface area contributed by atoms with Crippen molar-refractivity contribution in [3.63, 3.8) is 0 Å². The SMILES string of the molecule is Cn1c(SCc2ccc(C#CCN)s2)n[nH]c1=O. The van der Waals surface area contributed by atoms with E-state index in [-0.39, 0.29) is 5.69 Å². The van der Waals surface area contributed by atoms with E-state index in [2.05, 4.69) is 22.0 Å². The first kappa shape index (κ1) is 13.0. The molecule has 0 amide bonds. The van der Waals surface area contributed by atoms with E-state index in [0.717, 1.165) is 10.6 Å². The third kappa shape index (κ3) is 3.04. The van der Waals surface area contributed by atoms with Crippen molar-refractivity contribution in [1.82, 2.24) is 14.8 Å². The molecule has 2 heterocycles. The van der Waals surface area contributed by atoms with Crippen LogP contribution in [-0.4, -0.2) is 21.3 Å². The van der Waals surface area contributed by atoms with Crippen LogP contribution in [0.1, 0.15) is 9.75 Å². The van der Waals surface area contributed by atoms with Crippen LogP contribution in [0.5, 0.6) is 0 Å². The molecule has 94 valence electrons. The number of hydrogen-bond acceptors (Lipinski definition) is 5. The van der Waals surface area contributed by atoms with Gasteiger partial charge >= 0.3 is 5.69 Å². The second-order valence-electron chi connectivity index (χ2n) is 3.43. The van der Waals surface area contributed by atoms with Gasteiger partial charge in [0, 0.05) is 17.7 Å². The van der Waals surface area contributed by atoms with Crippen LogP contribution in [-0.2, 0) is 12.8 Å². The number of thioether (sulfide) groups is 1. The van der Waals surface area contributed by atoms with Crippen LogP contribution in [0, 0.1) is 11.8 Å². The van der Waals surface area contributed by atoms with Gasteiger partial charge in [-0.1, -0.05) is 23.6 Å². The van der Waals surface area contributed by atoms with E-state index in [9.17, 15) is 4.79 Å². The maximum atomic E-state index is 11.2. The molecule has 0 aliphatic heterocycles. The van der Waals surface area contributed by atoms with Gasteiger partial charge < -0.3 is 5.73 Å². The highest BCUT2D eigenvalue weighted by Crippen LogP contribution is 2.24. The highest BCUT2D eigenvalue weighted by molar-refractivity contribution is 7.98. The summed E-state index contributed by atoms with van der Waals surface area (Å²) < 4.78 is 1.49. The summed E-state index contributed by atoms with van der Waals surface area (Å²) in [6.07, 6.45) is 0. The molecule has 0 saturated heterocycles. The van der Waals surface area contributed by atoms with Crippen molar-refractivity contribution in [2.45, 2.75) is 10.9 Å². The zero-order valence-corrected chi connectivity index (χ0v) is 11.4. The molecule has 18 heavy (non-hydrogen) atoms. The Morgan fingerprint density at radius 1 is 1.61 bits per heavy atom. The summed E-state index contributed by atoms with van der Waals surface area (Å²) in [5.74, 6) is 6.59. The molecule has 7 heteroatoms. The molecule has 0 aliphatic carbocycles. The minimum Gasteiger partial charge on any atom is -0.320 e. The van der Waals surface area contributed by atoms with Gasteiger partial charge in [0.25, 0.3) is 0 Å². The fraction of sp³-hybridized carbons (Fsp3) is 0.273. The Morgan fingerprint density at radius 3 is 3.11 bits per heavy atom. The van der Waals surface area contributed by atoms with Crippen molar-refractivity contribution in [1.29, 1.82) is 0 Å². The third-order valence-corrected chi connectivity index (χ3v) is 4.42. The Labute approximate surface area is 112 Å². The molecule has 2 aromatic rings. The number of nitrogens with zero attached hydrogens (tertiary/aromatic N) is 2. The summed E-state index contributed by atoms with van der Waals surface area (Å²) in [6.45, 7) is 0.372. The average Bonchev–Trinajstić information content (AvgIpc) is 2.94. The van der Waals surface area contributed by atoms with Gasteiger partial charge in [-0.25, -0.2) is 9.89 Å². The van der Waals surface area contributed by atoms with Gasteiger partial charge in [-0.15, -0.1) is 16.4 Å². The van der Waals surface area contributed by atoms with Crippen LogP contribution in [0.4, 0.5) is 0 Å². The number of aromatic nitrogens is 3. The van der Waals surface area contributed by atoms with E-state index in [4.69, 9.17) is 5.73 Å². The minimum atomic E-state index is -0.196. The normalized spacial score (nSPS) is 10.1. The number of rotatable bonds is 3. The summed E-state index contributed by atoms with van der Waals surface area (Å²) in [7, 11) is 1.70. The summed E-state index contributed by atoms with van der Waals surface area (Å²) in [5.41, 5.74) is 5.12. The number of thiophene rings is 1. The van der Waals surface area contributed by atoms with Crippen molar-refractivity contribution in [2.24, 2.45) is 12.8 Å². The van der Waals surface area contributed by atoms with Gasteiger partial charge in [0.1, 0.15) is 0 Å². The zero-order chi connectivity index (χ0) is 13.0. The largest absolute Gasteiger partial charge is 0.343 e. The fourth-order valence-electron chi connectivity index (χ4n) is 1.26. The molecule has 5 nitrogen and oxygen atoms in total. The lowest BCUT2D eigenvalue weighted by molar-refractivity contribution is 0.766. The van der Waals surface area contributed by atoms with Crippen LogP contribution in [0.25, 0.3) is 0 Å². The third-order valence-electron chi connectivity index (χ3n) is 2.16. The predicted molar refractivity (Wildman–Crippen MR) is 73.6 cm³/mol. The molecule has 0 aromatic carbocycles. The first-order valence-electron chi connectivity index (χ1n) is 5.22. The molecule has 0 radical (unpaired) electrons. The molecule has 0 spiro atoms. The Bertz CT molecular complexity index is 644. The number of hydrogen-bond donors (Lipinski definition) is 2. The highest BCUT2D eigenvalue weighted by Gasteiger charge is 2.06. The van der Waals surface area contributed by atoms with E-state index < -0.39 is 0 Å². The van der Waals surface area contributed by atoms with Crippen LogP contribution >= 0.6 is 23.1 Å². The lowest BCUT2D eigenvalue weighted by Gasteiger charge is -1.96. The lowest BCUT2D eigenvalue weighted by atomic mass is 10.4. The summed E-state index contributed by atoms with van der Waals surface area (Å²) in [5, 5.41) is 7.03. The van der Waals surface area contributed by atoms with Crippen molar-refractivity contribution in [2.75, 3.05) is 6.54 Å². The van der Waals surface area contributed by atoms with Gasteiger partial charge in [0.15, 0.2) is 5.16 Å². The van der Waals surface area contributed by atoms with E-state index in [1.54, 1.807) is 18.4 Å². The molecule has 0 bridgehead atoms. The van der Waals surface area contributed by atoms with Crippen LogP contribution in [0.3, 0.4) is 0 Å².